The van der Waals surface area contributed by atoms with E-state index in [1.807, 2.05) is 0 Å². The van der Waals surface area contributed by atoms with Crippen molar-refractivity contribution in [2.75, 3.05) is 43.0 Å². The van der Waals surface area contributed by atoms with Crippen LogP contribution in [0.3, 0.4) is 0 Å². The van der Waals surface area contributed by atoms with E-state index in [-0.39, 0.29) is 43.0 Å². The maximum atomic E-state index is 11.8. The second kappa shape index (κ2) is 20.3. The molecule has 1 rings (SSSR count). The van der Waals surface area contributed by atoms with Gasteiger partial charge in [-0.05, 0) is 31.0 Å². The van der Waals surface area contributed by atoms with E-state index in [0.29, 0.717) is 25.2 Å². The Labute approximate surface area is 211 Å². The van der Waals surface area contributed by atoms with Crippen LogP contribution in [0, 0.1) is 0 Å². The van der Waals surface area contributed by atoms with E-state index in [9.17, 15) is 24.0 Å². The SMILES string of the molecule is CC=O.NCCSSCC(=O)NCCC(=O)NCC(=O)NCCc1ccc(NC(=O)C(=O)O)cc1. The van der Waals surface area contributed by atoms with Gasteiger partial charge in [0.05, 0.1) is 12.3 Å². The largest absolute Gasteiger partial charge is 0.474 e. The second-order valence-electron chi connectivity index (χ2n) is 6.54. The number of carbonyl (C=O) groups is 6. The second-order valence-corrected chi connectivity index (χ2v) is 9.12. The van der Waals surface area contributed by atoms with Crippen LogP contribution < -0.4 is 27.0 Å². The molecule has 0 atom stereocenters. The van der Waals surface area contributed by atoms with Crippen LogP contribution in [0.1, 0.15) is 18.9 Å². The minimum absolute atomic E-state index is 0.0738. The molecule has 1 aromatic carbocycles. The molecule has 0 saturated heterocycles. The monoisotopic (exact) mass is 529 g/mol. The first-order valence-electron chi connectivity index (χ1n) is 10.5. The predicted octanol–water partition coefficient (Wildman–Crippen LogP) is -0.464. The fourth-order valence-electron chi connectivity index (χ4n) is 2.18. The summed E-state index contributed by atoms with van der Waals surface area (Å²) in [7, 11) is 2.92. The third kappa shape index (κ3) is 18.0. The zero-order valence-electron chi connectivity index (χ0n) is 19.3. The molecule has 7 N–H and O–H groups in total. The Morgan fingerprint density at radius 2 is 1.57 bits per heavy atom. The third-order valence-electron chi connectivity index (χ3n) is 3.74. The summed E-state index contributed by atoms with van der Waals surface area (Å²) >= 11 is 0. The Kier molecular flexibility index (Phi) is 18.5. The van der Waals surface area contributed by atoms with Gasteiger partial charge in [0.25, 0.3) is 0 Å². The Bertz CT molecular complexity index is 838. The molecule has 0 heterocycles. The number of hydrogen-bond donors (Lipinski definition) is 6. The van der Waals surface area contributed by atoms with Gasteiger partial charge in [-0.3, -0.25) is 19.2 Å². The third-order valence-corrected chi connectivity index (χ3v) is 6.04. The average molecular weight is 530 g/mol. The number of carboxylic acid groups (broad SMARTS) is 1. The lowest BCUT2D eigenvalue weighted by Crippen LogP contribution is -2.39. The summed E-state index contributed by atoms with van der Waals surface area (Å²) in [4.78, 5) is 65.5. The normalized spacial score (nSPS) is 9.66. The van der Waals surface area contributed by atoms with Crippen molar-refractivity contribution in [1.82, 2.24) is 16.0 Å². The fraction of sp³-hybridized carbons (Fsp3) is 0.429. The smallest absolute Gasteiger partial charge is 0.394 e. The van der Waals surface area contributed by atoms with Gasteiger partial charge in [-0.1, -0.05) is 33.7 Å². The minimum atomic E-state index is -1.57. The van der Waals surface area contributed by atoms with Gasteiger partial charge in [-0.2, -0.15) is 0 Å². The molecule has 0 aliphatic rings. The number of amides is 4. The summed E-state index contributed by atoms with van der Waals surface area (Å²) in [5.41, 5.74) is 6.58. The minimum Gasteiger partial charge on any atom is -0.474 e. The van der Waals surface area contributed by atoms with E-state index in [1.165, 1.54) is 28.5 Å². The van der Waals surface area contributed by atoms with Gasteiger partial charge < -0.3 is 36.9 Å². The number of aldehydes is 1. The number of carbonyl (C=O) groups excluding carboxylic acids is 5. The van der Waals surface area contributed by atoms with Crippen molar-refractivity contribution in [2.45, 2.75) is 19.8 Å². The number of hydrogen-bond acceptors (Lipinski definition) is 9. The van der Waals surface area contributed by atoms with Crippen molar-refractivity contribution in [3.8, 4) is 0 Å². The Hall–Kier alpha value is -3.10. The zero-order chi connectivity index (χ0) is 26.5. The summed E-state index contributed by atoms with van der Waals surface area (Å²) in [5, 5.41) is 18.6. The highest BCUT2D eigenvalue weighted by atomic mass is 33.1. The number of nitrogens with two attached hydrogens (primary N) is 1. The Morgan fingerprint density at radius 1 is 0.943 bits per heavy atom. The van der Waals surface area contributed by atoms with Crippen LogP contribution in [0.25, 0.3) is 0 Å². The number of nitrogens with one attached hydrogen (secondary N) is 4. The van der Waals surface area contributed by atoms with Crippen molar-refractivity contribution in [3.63, 3.8) is 0 Å². The lowest BCUT2D eigenvalue weighted by atomic mass is 10.1. The molecule has 0 unspecified atom stereocenters. The van der Waals surface area contributed by atoms with E-state index in [2.05, 4.69) is 21.3 Å². The standard InChI is InChI=1S/C19H27N5O6S2.C2H4O/c20-7-10-31-32-12-17(27)22-9-6-15(25)23-11-16(26)21-8-5-13-1-3-14(4-2-13)24-18(28)19(29)30;1-2-3/h1-4H,5-12,20H2,(H,21,26)(H,22,27)(H,23,25)(H,24,28)(H,29,30);2H,1H3. The van der Waals surface area contributed by atoms with Gasteiger partial charge >= 0.3 is 11.9 Å². The van der Waals surface area contributed by atoms with Crippen molar-refractivity contribution in [3.05, 3.63) is 29.8 Å². The first-order valence-corrected chi connectivity index (χ1v) is 13.0. The predicted molar refractivity (Wildman–Crippen MR) is 136 cm³/mol. The van der Waals surface area contributed by atoms with Gasteiger partial charge in [-0.15, -0.1) is 0 Å². The molecule has 0 fully saturated rings. The van der Waals surface area contributed by atoms with Crippen LogP contribution in [0.15, 0.2) is 24.3 Å². The molecule has 0 aliphatic carbocycles. The average Bonchev–Trinajstić information content (AvgIpc) is 2.82. The van der Waals surface area contributed by atoms with E-state index in [0.717, 1.165) is 17.6 Å². The highest BCUT2D eigenvalue weighted by molar-refractivity contribution is 8.76. The van der Waals surface area contributed by atoms with Crippen LogP contribution in [-0.4, -0.2) is 78.7 Å². The lowest BCUT2D eigenvalue weighted by Gasteiger charge is -2.08. The molecule has 14 heteroatoms. The van der Waals surface area contributed by atoms with Gasteiger partial charge in [0.1, 0.15) is 6.29 Å². The number of aliphatic carboxylic acids is 1. The Balaban J connectivity index is 0.00000365. The zero-order valence-corrected chi connectivity index (χ0v) is 21.0. The molecule has 1 aromatic rings. The maximum absolute atomic E-state index is 11.8. The number of rotatable bonds is 14. The summed E-state index contributed by atoms with van der Waals surface area (Å²) < 4.78 is 0. The van der Waals surface area contributed by atoms with Crippen LogP contribution in [0.5, 0.6) is 0 Å². The van der Waals surface area contributed by atoms with E-state index < -0.39 is 11.9 Å². The van der Waals surface area contributed by atoms with Crippen molar-refractivity contribution < 1.29 is 33.9 Å². The van der Waals surface area contributed by atoms with Gasteiger partial charge in [-0.25, -0.2) is 4.79 Å². The summed E-state index contributed by atoms with van der Waals surface area (Å²) in [6, 6.07) is 6.54. The maximum Gasteiger partial charge on any atom is 0.394 e. The molecule has 4 amide bonds. The molecule has 0 spiro atoms. The summed E-state index contributed by atoms with van der Waals surface area (Å²) in [5.74, 6) is -2.49. The number of anilines is 1. The van der Waals surface area contributed by atoms with Gasteiger partial charge in [0.2, 0.25) is 17.7 Å². The van der Waals surface area contributed by atoms with E-state index in [4.69, 9.17) is 15.6 Å². The van der Waals surface area contributed by atoms with Crippen molar-refractivity contribution >= 4 is 63.2 Å². The van der Waals surface area contributed by atoms with E-state index in [1.54, 1.807) is 24.3 Å². The molecule has 194 valence electrons. The number of carboxylic acids is 1. The molecule has 0 radical (unpaired) electrons. The molecule has 35 heavy (non-hydrogen) atoms. The molecular formula is C21H31N5O7S2. The quantitative estimate of drug-likeness (QED) is 0.0793. The molecule has 0 bridgehead atoms. The fourth-order valence-corrected chi connectivity index (χ4v) is 3.90. The molecule has 0 aromatic heterocycles. The van der Waals surface area contributed by atoms with Crippen molar-refractivity contribution in [2.24, 2.45) is 5.73 Å². The lowest BCUT2D eigenvalue weighted by molar-refractivity contribution is -0.147. The topological polar surface area (TPSA) is 197 Å². The molecule has 0 aliphatic heterocycles. The molecular weight excluding hydrogens is 498 g/mol. The first kappa shape index (κ1) is 31.9. The van der Waals surface area contributed by atoms with Crippen LogP contribution in [0.2, 0.25) is 0 Å². The first-order chi connectivity index (χ1) is 16.7. The van der Waals surface area contributed by atoms with Crippen LogP contribution in [-0.2, 0) is 35.2 Å². The summed E-state index contributed by atoms with van der Waals surface area (Å²) in [6.07, 6.45) is 1.34. The van der Waals surface area contributed by atoms with Crippen LogP contribution >= 0.6 is 21.6 Å². The van der Waals surface area contributed by atoms with Crippen molar-refractivity contribution in [1.29, 1.82) is 0 Å². The molecule has 12 nitrogen and oxygen atoms in total. The van der Waals surface area contributed by atoms with Crippen LogP contribution in [0.4, 0.5) is 5.69 Å². The highest BCUT2D eigenvalue weighted by Gasteiger charge is 2.11. The Morgan fingerprint density at radius 3 is 2.17 bits per heavy atom. The summed E-state index contributed by atoms with van der Waals surface area (Å²) in [6.45, 7) is 2.36. The molecule has 0 saturated carbocycles. The highest BCUT2D eigenvalue weighted by Crippen LogP contribution is 2.19. The van der Waals surface area contributed by atoms with E-state index >= 15 is 0 Å². The van der Waals surface area contributed by atoms with Gasteiger partial charge in [0.15, 0.2) is 0 Å². The number of benzene rings is 1. The van der Waals surface area contributed by atoms with Gasteiger partial charge in [0, 0.05) is 37.5 Å².